The lowest BCUT2D eigenvalue weighted by atomic mass is 10.2. The number of hydrogen-bond donors (Lipinski definition) is 1. The Kier molecular flexibility index (Phi) is 5.03. The Hall–Kier alpha value is -3.26. The van der Waals surface area contributed by atoms with E-state index in [4.69, 9.17) is 9.15 Å². The first-order chi connectivity index (χ1) is 13.6. The lowest BCUT2D eigenvalue weighted by molar-refractivity contribution is 0.0934. The van der Waals surface area contributed by atoms with E-state index in [0.29, 0.717) is 11.6 Å². The van der Waals surface area contributed by atoms with Gasteiger partial charge >= 0.3 is 0 Å². The second-order valence-electron chi connectivity index (χ2n) is 6.23. The average molecular weight is 394 g/mol. The first kappa shape index (κ1) is 18.1. The maximum atomic E-state index is 12.4. The Morgan fingerprint density at radius 1 is 1.29 bits per heavy atom. The molecule has 0 aliphatic carbocycles. The Balaban J connectivity index is 1.40. The van der Waals surface area contributed by atoms with Crippen LogP contribution in [0.4, 0.5) is 0 Å². The standard InChI is InChI=1S/C20H18N4O3S/c1-12(16-11-28-13(2)23-16)22-20(25)15-9-27-18(24-15)10-26-17-7-3-5-14-6-4-8-21-19(14)17/h3-9,11-12H,10H2,1-2H3,(H,22,25)/t12-/m1/s1. The van der Waals surface area contributed by atoms with Crippen molar-refractivity contribution in [3.8, 4) is 5.75 Å². The number of aryl methyl sites for hydroxylation is 1. The molecule has 0 radical (unpaired) electrons. The molecule has 0 bridgehead atoms. The lowest BCUT2D eigenvalue weighted by Gasteiger charge is -2.09. The molecular weight excluding hydrogens is 376 g/mol. The van der Waals surface area contributed by atoms with Gasteiger partial charge in [-0.3, -0.25) is 9.78 Å². The van der Waals surface area contributed by atoms with Gasteiger partial charge in [-0.25, -0.2) is 9.97 Å². The third-order valence-electron chi connectivity index (χ3n) is 4.16. The highest BCUT2D eigenvalue weighted by Crippen LogP contribution is 2.24. The minimum absolute atomic E-state index is 0.101. The summed E-state index contributed by atoms with van der Waals surface area (Å²) in [6.45, 7) is 3.91. The third kappa shape index (κ3) is 3.86. The fourth-order valence-electron chi connectivity index (χ4n) is 2.74. The van der Waals surface area contributed by atoms with Crippen molar-refractivity contribution in [2.45, 2.75) is 26.5 Å². The molecule has 8 heteroatoms. The van der Waals surface area contributed by atoms with Crippen LogP contribution < -0.4 is 10.1 Å². The number of hydrogen-bond acceptors (Lipinski definition) is 7. The van der Waals surface area contributed by atoms with Gasteiger partial charge in [-0.1, -0.05) is 18.2 Å². The number of carbonyl (C=O) groups excluding carboxylic acids is 1. The van der Waals surface area contributed by atoms with Crippen molar-refractivity contribution in [1.29, 1.82) is 0 Å². The number of rotatable bonds is 6. The van der Waals surface area contributed by atoms with E-state index in [0.717, 1.165) is 21.6 Å². The second-order valence-corrected chi connectivity index (χ2v) is 7.30. The molecule has 0 aliphatic rings. The van der Waals surface area contributed by atoms with Crippen molar-refractivity contribution in [3.63, 3.8) is 0 Å². The van der Waals surface area contributed by atoms with E-state index < -0.39 is 0 Å². The van der Waals surface area contributed by atoms with Crippen molar-refractivity contribution in [1.82, 2.24) is 20.3 Å². The molecule has 7 nitrogen and oxygen atoms in total. The molecular formula is C20H18N4O3S. The minimum atomic E-state index is -0.319. The summed E-state index contributed by atoms with van der Waals surface area (Å²) in [6, 6.07) is 9.33. The number of benzene rings is 1. The fourth-order valence-corrected chi connectivity index (χ4v) is 3.44. The molecule has 1 atom stereocenters. The van der Waals surface area contributed by atoms with Gasteiger partial charge in [-0.15, -0.1) is 11.3 Å². The Morgan fingerprint density at radius 3 is 2.96 bits per heavy atom. The van der Waals surface area contributed by atoms with Gasteiger partial charge in [0.2, 0.25) is 5.89 Å². The zero-order valence-corrected chi connectivity index (χ0v) is 16.2. The predicted octanol–water partition coefficient (Wildman–Crippen LogP) is 4.06. The van der Waals surface area contributed by atoms with E-state index in [1.807, 2.05) is 49.6 Å². The first-order valence-electron chi connectivity index (χ1n) is 8.74. The molecule has 0 spiro atoms. The molecule has 0 unspecified atom stereocenters. The van der Waals surface area contributed by atoms with E-state index in [2.05, 4.69) is 20.3 Å². The molecule has 0 saturated carbocycles. The zero-order valence-electron chi connectivity index (χ0n) is 15.4. The van der Waals surface area contributed by atoms with Gasteiger partial charge in [0, 0.05) is 17.0 Å². The van der Waals surface area contributed by atoms with Crippen molar-refractivity contribution in [2.75, 3.05) is 0 Å². The van der Waals surface area contributed by atoms with Crippen LogP contribution in [0.2, 0.25) is 0 Å². The molecule has 1 aromatic carbocycles. The van der Waals surface area contributed by atoms with Crippen molar-refractivity contribution in [2.24, 2.45) is 0 Å². The van der Waals surface area contributed by atoms with Gasteiger partial charge in [-0.05, 0) is 26.0 Å². The molecule has 0 aliphatic heterocycles. The highest BCUT2D eigenvalue weighted by atomic mass is 32.1. The van der Waals surface area contributed by atoms with E-state index >= 15 is 0 Å². The summed E-state index contributed by atoms with van der Waals surface area (Å²) in [5.41, 5.74) is 1.79. The summed E-state index contributed by atoms with van der Waals surface area (Å²) in [5.74, 6) is 0.630. The van der Waals surface area contributed by atoms with Crippen LogP contribution in [-0.2, 0) is 6.61 Å². The molecule has 4 rings (SSSR count). The molecule has 142 valence electrons. The quantitative estimate of drug-likeness (QED) is 0.530. The summed E-state index contributed by atoms with van der Waals surface area (Å²) < 4.78 is 11.2. The van der Waals surface area contributed by atoms with Gasteiger partial charge in [0.25, 0.3) is 5.91 Å². The SMILES string of the molecule is Cc1nc([C@@H](C)NC(=O)c2coc(COc3cccc4cccnc34)n2)cs1. The van der Waals surface area contributed by atoms with E-state index in [1.54, 1.807) is 17.5 Å². The number of amides is 1. The maximum absolute atomic E-state index is 12.4. The van der Waals surface area contributed by atoms with Crippen molar-refractivity contribution >= 4 is 28.1 Å². The highest BCUT2D eigenvalue weighted by Gasteiger charge is 2.17. The fraction of sp³-hybridized carbons (Fsp3) is 0.200. The van der Waals surface area contributed by atoms with Crippen LogP contribution in [0.3, 0.4) is 0 Å². The molecule has 1 amide bonds. The number of nitrogens with one attached hydrogen (secondary N) is 1. The van der Waals surface area contributed by atoms with Gasteiger partial charge in [0.05, 0.1) is 16.7 Å². The van der Waals surface area contributed by atoms with Crippen LogP contribution >= 0.6 is 11.3 Å². The van der Waals surface area contributed by atoms with Crippen molar-refractivity contribution in [3.05, 3.63) is 70.5 Å². The highest BCUT2D eigenvalue weighted by molar-refractivity contribution is 7.09. The number of para-hydroxylation sites is 1. The molecule has 0 saturated heterocycles. The molecule has 4 aromatic rings. The number of aromatic nitrogens is 3. The van der Waals surface area contributed by atoms with Gasteiger partial charge in [0.15, 0.2) is 12.3 Å². The molecule has 28 heavy (non-hydrogen) atoms. The third-order valence-corrected chi connectivity index (χ3v) is 4.95. The predicted molar refractivity (Wildman–Crippen MR) is 105 cm³/mol. The topological polar surface area (TPSA) is 90.1 Å². The Morgan fingerprint density at radius 2 is 2.14 bits per heavy atom. The van der Waals surface area contributed by atoms with Gasteiger partial charge in [0.1, 0.15) is 17.5 Å². The smallest absolute Gasteiger partial charge is 0.273 e. The number of pyridine rings is 1. The Bertz CT molecular complexity index is 1120. The average Bonchev–Trinajstić information content (AvgIpc) is 3.35. The monoisotopic (exact) mass is 394 g/mol. The number of carbonyl (C=O) groups is 1. The number of fused-ring (bicyclic) bond motifs is 1. The van der Waals surface area contributed by atoms with Gasteiger partial charge in [-0.2, -0.15) is 0 Å². The summed E-state index contributed by atoms with van der Waals surface area (Å²) in [4.78, 5) is 25.3. The van der Waals surface area contributed by atoms with E-state index in [1.165, 1.54) is 6.26 Å². The maximum Gasteiger partial charge on any atom is 0.273 e. The summed E-state index contributed by atoms with van der Waals surface area (Å²) in [6.07, 6.45) is 3.04. The number of ether oxygens (including phenoxy) is 1. The number of thiazole rings is 1. The lowest BCUT2D eigenvalue weighted by Crippen LogP contribution is -2.27. The van der Waals surface area contributed by atoms with Crippen LogP contribution in [0.1, 0.15) is 40.0 Å². The number of oxazole rings is 1. The van der Waals surface area contributed by atoms with Crippen LogP contribution in [0, 0.1) is 6.92 Å². The van der Waals surface area contributed by atoms with Crippen LogP contribution in [0.15, 0.2) is 52.6 Å². The van der Waals surface area contributed by atoms with E-state index in [9.17, 15) is 4.79 Å². The summed E-state index contributed by atoms with van der Waals surface area (Å²) in [5, 5.41) is 6.74. The van der Waals surface area contributed by atoms with Crippen molar-refractivity contribution < 1.29 is 13.9 Å². The first-order valence-corrected chi connectivity index (χ1v) is 9.62. The van der Waals surface area contributed by atoms with Crippen LogP contribution in [-0.4, -0.2) is 20.9 Å². The summed E-state index contributed by atoms with van der Waals surface area (Å²) in [7, 11) is 0. The normalized spacial score (nSPS) is 12.1. The largest absolute Gasteiger partial charge is 0.482 e. The number of nitrogens with zero attached hydrogens (tertiary/aromatic N) is 3. The minimum Gasteiger partial charge on any atom is -0.482 e. The van der Waals surface area contributed by atoms with Crippen LogP contribution in [0.25, 0.3) is 10.9 Å². The summed E-state index contributed by atoms with van der Waals surface area (Å²) >= 11 is 1.55. The van der Waals surface area contributed by atoms with Crippen LogP contribution in [0.5, 0.6) is 5.75 Å². The molecule has 3 aromatic heterocycles. The zero-order chi connectivity index (χ0) is 19.5. The van der Waals surface area contributed by atoms with E-state index in [-0.39, 0.29) is 24.2 Å². The Labute approximate surface area is 165 Å². The van der Waals surface area contributed by atoms with Gasteiger partial charge < -0.3 is 14.5 Å². The second kappa shape index (κ2) is 7.77. The molecule has 1 N–H and O–H groups in total. The molecule has 3 heterocycles. The molecule has 0 fully saturated rings.